The smallest absolute Gasteiger partial charge is 0.318 e. The largest absolute Gasteiger partial charge is 0.467 e. The van der Waals surface area contributed by atoms with Gasteiger partial charge in [-0.2, -0.15) is 9.97 Å². The predicted octanol–water partition coefficient (Wildman–Crippen LogP) is 3.32. The minimum Gasteiger partial charge on any atom is -0.467 e. The zero-order valence-electron chi connectivity index (χ0n) is 15.0. The number of aromatic nitrogens is 3. The molecule has 6 nitrogen and oxygen atoms in total. The zero-order valence-corrected chi connectivity index (χ0v) is 15.8. The van der Waals surface area contributed by atoms with Crippen molar-refractivity contribution < 1.29 is 4.74 Å². The fraction of sp³-hybridized carbons (Fsp3) is 0.250. The molecule has 27 heavy (non-hydrogen) atoms. The molecule has 0 bridgehead atoms. The standard InChI is InChI=1S/C20H19N5OS/c1-26-20-23-16-14-7-8-15(13-5-3-2-4-6-13)22-19(14)27-17(16)18(24-20)25-11-9-21-10-12-25/h2-8,21H,9-12H2,1H3. The zero-order chi connectivity index (χ0) is 18.2. The number of ether oxygens (including phenoxy) is 1. The molecule has 0 unspecified atom stereocenters. The Kier molecular flexibility index (Phi) is 4.10. The van der Waals surface area contributed by atoms with E-state index in [-0.39, 0.29) is 0 Å². The van der Waals surface area contributed by atoms with Gasteiger partial charge in [0.1, 0.15) is 4.83 Å². The van der Waals surface area contributed by atoms with Crippen molar-refractivity contribution in [2.24, 2.45) is 0 Å². The molecule has 0 spiro atoms. The van der Waals surface area contributed by atoms with Crippen LogP contribution in [0, 0.1) is 0 Å². The molecule has 5 rings (SSSR count). The van der Waals surface area contributed by atoms with E-state index >= 15 is 0 Å². The van der Waals surface area contributed by atoms with E-state index in [1.807, 2.05) is 18.2 Å². The number of methoxy groups -OCH3 is 1. The van der Waals surface area contributed by atoms with Gasteiger partial charge in [-0.05, 0) is 12.1 Å². The van der Waals surface area contributed by atoms with E-state index in [1.54, 1.807) is 18.4 Å². The van der Waals surface area contributed by atoms with Gasteiger partial charge in [-0.1, -0.05) is 30.3 Å². The van der Waals surface area contributed by atoms with Crippen LogP contribution in [0.15, 0.2) is 42.5 Å². The van der Waals surface area contributed by atoms with Gasteiger partial charge in [0.05, 0.1) is 23.0 Å². The van der Waals surface area contributed by atoms with E-state index in [0.29, 0.717) is 6.01 Å². The lowest BCUT2D eigenvalue weighted by molar-refractivity contribution is 0.381. The molecule has 4 aromatic rings. The van der Waals surface area contributed by atoms with E-state index < -0.39 is 0 Å². The summed E-state index contributed by atoms with van der Waals surface area (Å²) in [6, 6.07) is 14.8. The molecule has 0 aliphatic carbocycles. The third-order valence-electron chi connectivity index (χ3n) is 4.81. The second-order valence-electron chi connectivity index (χ2n) is 6.47. The molecular weight excluding hydrogens is 358 g/mol. The van der Waals surface area contributed by atoms with Gasteiger partial charge in [0, 0.05) is 37.1 Å². The summed E-state index contributed by atoms with van der Waals surface area (Å²) in [6.45, 7) is 3.75. The van der Waals surface area contributed by atoms with Crippen LogP contribution in [0.4, 0.5) is 5.82 Å². The summed E-state index contributed by atoms with van der Waals surface area (Å²) in [6.07, 6.45) is 0. The highest BCUT2D eigenvalue weighted by atomic mass is 32.1. The summed E-state index contributed by atoms with van der Waals surface area (Å²) >= 11 is 1.66. The van der Waals surface area contributed by atoms with Gasteiger partial charge < -0.3 is 15.0 Å². The Balaban J connectivity index is 1.71. The molecule has 0 saturated carbocycles. The van der Waals surface area contributed by atoms with Crippen LogP contribution in [0.2, 0.25) is 0 Å². The van der Waals surface area contributed by atoms with Gasteiger partial charge in [-0.15, -0.1) is 11.3 Å². The Labute approximate surface area is 160 Å². The van der Waals surface area contributed by atoms with Gasteiger partial charge in [-0.3, -0.25) is 0 Å². The Morgan fingerprint density at radius 1 is 1.00 bits per heavy atom. The van der Waals surface area contributed by atoms with Crippen molar-refractivity contribution in [3.05, 3.63) is 42.5 Å². The van der Waals surface area contributed by atoms with Crippen molar-refractivity contribution >= 4 is 37.6 Å². The molecule has 136 valence electrons. The van der Waals surface area contributed by atoms with Crippen LogP contribution in [0.1, 0.15) is 0 Å². The summed E-state index contributed by atoms with van der Waals surface area (Å²) in [5.74, 6) is 0.947. The van der Waals surface area contributed by atoms with Gasteiger partial charge in [0.15, 0.2) is 5.82 Å². The van der Waals surface area contributed by atoms with Crippen LogP contribution in [-0.4, -0.2) is 48.2 Å². The first-order valence-electron chi connectivity index (χ1n) is 9.00. The maximum absolute atomic E-state index is 5.38. The Bertz CT molecular complexity index is 1110. The number of hydrogen-bond donors (Lipinski definition) is 1. The van der Waals surface area contributed by atoms with E-state index in [4.69, 9.17) is 9.72 Å². The number of anilines is 1. The fourth-order valence-electron chi connectivity index (χ4n) is 3.44. The first kappa shape index (κ1) is 16.4. The topological polar surface area (TPSA) is 63.2 Å². The fourth-order valence-corrected chi connectivity index (χ4v) is 4.57. The molecule has 1 saturated heterocycles. The van der Waals surface area contributed by atoms with Crippen LogP contribution in [-0.2, 0) is 0 Å². The molecule has 1 aromatic carbocycles. The molecule has 0 radical (unpaired) electrons. The normalized spacial score (nSPS) is 14.8. The summed E-state index contributed by atoms with van der Waals surface area (Å²) in [4.78, 5) is 17.5. The van der Waals surface area contributed by atoms with Crippen molar-refractivity contribution in [1.29, 1.82) is 0 Å². The van der Waals surface area contributed by atoms with Gasteiger partial charge in [0.25, 0.3) is 0 Å². The number of nitrogens with zero attached hydrogens (tertiary/aromatic N) is 4. The number of hydrogen-bond acceptors (Lipinski definition) is 7. The highest BCUT2D eigenvalue weighted by Crippen LogP contribution is 2.38. The molecule has 1 aliphatic heterocycles. The number of pyridine rings is 1. The first-order valence-corrected chi connectivity index (χ1v) is 9.81. The summed E-state index contributed by atoms with van der Waals surface area (Å²) in [5, 5.41) is 4.44. The van der Waals surface area contributed by atoms with Gasteiger partial charge in [-0.25, -0.2) is 4.98 Å². The number of rotatable bonds is 3. The molecule has 1 N–H and O–H groups in total. The lowest BCUT2D eigenvalue weighted by Crippen LogP contribution is -2.44. The van der Waals surface area contributed by atoms with Crippen LogP contribution in [0.5, 0.6) is 6.01 Å². The SMILES string of the molecule is COc1nc(N2CCNCC2)c2sc3nc(-c4ccccc4)ccc3c2n1. The average Bonchev–Trinajstić information content (AvgIpc) is 3.12. The monoisotopic (exact) mass is 377 g/mol. The quantitative estimate of drug-likeness (QED) is 0.591. The summed E-state index contributed by atoms with van der Waals surface area (Å²) in [7, 11) is 1.61. The highest BCUT2D eigenvalue weighted by molar-refractivity contribution is 7.26. The first-order chi connectivity index (χ1) is 13.3. The van der Waals surface area contributed by atoms with Crippen LogP contribution in [0.25, 0.3) is 31.7 Å². The average molecular weight is 377 g/mol. The third kappa shape index (κ3) is 2.89. The van der Waals surface area contributed by atoms with Crippen LogP contribution >= 0.6 is 11.3 Å². The third-order valence-corrected chi connectivity index (χ3v) is 5.89. The minimum absolute atomic E-state index is 0.405. The number of nitrogens with one attached hydrogen (secondary N) is 1. The highest BCUT2D eigenvalue weighted by Gasteiger charge is 2.21. The maximum Gasteiger partial charge on any atom is 0.318 e. The summed E-state index contributed by atoms with van der Waals surface area (Å²) in [5.41, 5.74) is 3.00. The van der Waals surface area contributed by atoms with E-state index in [0.717, 1.165) is 63.7 Å². The van der Waals surface area contributed by atoms with E-state index in [9.17, 15) is 0 Å². The van der Waals surface area contributed by atoms with E-state index in [2.05, 4.69) is 44.5 Å². The van der Waals surface area contributed by atoms with Crippen molar-refractivity contribution in [1.82, 2.24) is 20.3 Å². The number of piperazine rings is 1. The summed E-state index contributed by atoms with van der Waals surface area (Å²) < 4.78 is 6.46. The van der Waals surface area contributed by atoms with Gasteiger partial charge in [0.2, 0.25) is 0 Å². The number of fused-ring (bicyclic) bond motifs is 3. The predicted molar refractivity (Wildman–Crippen MR) is 110 cm³/mol. The number of benzene rings is 1. The maximum atomic E-state index is 5.38. The molecular formula is C20H19N5OS. The molecule has 4 heterocycles. The minimum atomic E-state index is 0.405. The van der Waals surface area contributed by atoms with Crippen molar-refractivity contribution in [2.75, 3.05) is 38.2 Å². The Morgan fingerprint density at radius 2 is 1.81 bits per heavy atom. The second-order valence-corrected chi connectivity index (χ2v) is 7.47. The van der Waals surface area contributed by atoms with Crippen molar-refractivity contribution in [2.45, 2.75) is 0 Å². The Hall–Kier alpha value is -2.77. The molecule has 0 atom stereocenters. The van der Waals surface area contributed by atoms with Crippen molar-refractivity contribution in [3.63, 3.8) is 0 Å². The number of thiophene rings is 1. The molecule has 7 heteroatoms. The van der Waals surface area contributed by atoms with Crippen molar-refractivity contribution in [3.8, 4) is 17.3 Å². The lowest BCUT2D eigenvalue weighted by Gasteiger charge is -2.28. The Morgan fingerprint density at radius 3 is 2.59 bits per heavy atom. The van der Waals surface area contributed by atoms with Crippen LogP contribution < -0.4 is 15.0 Å². The van der Waals surface area contributed by atoms with E-state index in [1.165, 1.54) is 0 Å². The lowest BCUT2D eigenvalue weighted by atomic mass is 10.1. The van der Waals surface area contributed by atoms with Crippen LogP contribution in [0.3, 0.4) is 0 Å². The molecule has 1 fully saturated rings. The molecule has 3 aromatic heterocycles. The molecule has 0 amide bonds. The molecule has 1 aliphatic rings. The second kappa shape index (κ2) is 6.75. The van der Waals surface area contributed by atoms with Gasteiger partial charge >= 0.3 is 6.01 Å².